The zero-order chi connectivity index (χ0) is 17.0. The lowest BCUT2D eigenvalue weighted by Gasteiger charge is -2.17. The molecule has 6 nitrogen and oxygen atoms in total. The fourth-order valence-corrected chi connectivity index (χ4v) is 2.06. The third-order valence-corrected chi connectivity index (χ3v) is 3.33. The molecule has 2 amide bonds. The van der Waals surface area contributed by atoms with E-state index in [1.54, 1.807) is 25.1 Å². The maximum Gasteiger partial charge on any atom is 0.225 e. The highest BCUT2D eigenvalue weighted by atomic mass is 16.3. The van der Waals surface area contributed by atoms with Gasteiger partial charge in [0, 0.05) is 31.0 Å². The summed E-state index contributed by atoms with van der Waals surface area (Å²) < 4.78 is 5.39. The summed E-state index contributed by atoms with van der Waals surface area (Å²) in [5, 5.41) is 5.66. The molecule has 0 fully saturated rings. The molecule has 6 heteroatoms. The van der Waals surface area contributed by atoms with E-state index in [0.29, 0.717) is 36.5 Å². The number of carbonyl (C=O) groups is 2. The average Bonchev–Trinajstić information content (AvgIpc) is 2.81. The molecule has 0 atom stereocenters. The van der Waals surface area contributed by atoms with E-state index in [1.807, 2.05) is 20.8 Å². The topological polar surface area (TPSA) is 84.2 Å². The number of benzene rings is 1. The Labute approximate surface area is 135 Å². The van der Waals surface area contributed by atoms with Gasteiger partial charge in [0.1, 0.15) is 5.52 Å². The summed E-state index contributed by atoms with van der Waals surface area (Å²) >= 11 is 0. The Bertz CT molecular complexity index is 713. The number of fused-ring (bicyclic) bond motifs is 1. The Kier molecular flexibility index (Phi) is 5.03. The van der Waals surface area contributed by atoms with Crippen molar-refractivity contribution in [1.82, 2.24) is 10.3 Å². The molecule has 0 aliphatic heterocycles. The fourth-order valence-electron chi connectivity index (χ4n) is 2.06. The van der Waals surface area contributed by atoms with Gasteiger partial charge < -0.3 is 15.1 Å². The second-order valence-corrected chi connectivity index (χ2v) is 6.57. The Hall–Kier alpha value is -2.37. The maximum absolute atomic E-state index is 11.9. The number of carbonyl (C=O) groups excluding carboxylic acids is 2. The summed E-state index contributed by atoms with van der Waals surface area (Å²) in [6, 6.07) is 5.35. The van der Waals surface area contributed by atoms with E-state index in [9.17, 15) is 9.59 Å². The van der Waals surface area contributed by atoms with Gasteiger partial charge in [-0.15, -0.1) is 0 Å². The van der Waals surface area contributed by atoms with Crippen LogP contribution in [0.1, 0.15) is 39.5 Å². The summed E-state index contributed by atoms with van der Waals surface area (Å²) in [7, 11) is 0. The molecule has 0 saturated heterocycles. The van der Waals surface area contributed by atoms with Gasteiger partial charge in [-0.05, 0) is 24.6 Å². The van der Waals surface area contributed by atoms with Crippen LogP contribution in [-0.4, -0.2) is 23.3 Å². The zero-order valence-corrected chi connectivity index (χ0v) is 14.0. The molecule has 2 aromatic rings. The molecule has 0 bridgehead atoms. The predicted molar refractivity (Wildman–Crippen MR) is 89.1 cm³/mol. The lowest BCUT2D eigenvalue weighted by atomic mass is 9.96. The van der Waals surface area contributed by atoms with Crippen molar-refractivity contribution in [1.29, 1.82) is 0 Å². The van der Waals surface area contributed by atoms with Gasteiger partial charge in [0.15, 0.2) is 11.5 Å². The third-order valence-electron chi connectivity index (χ3n) is 3.33. The van der Waals surface area contributed by atoms with Gasteiger partial charge in [0.05, 0.1) is 0 Å². The molecule has 23 heavy (non-hydrogen) atoms. The van der Waals surface area contributed by atoms with Crippen molar-refractivity contribution in [3.8, 4) is 0 Å². The predicted octanol–water partition coefficient (Wildman–Crippen LogP) is 3.02. The molecule has 0 spiro atoms. The number of hydrogen-bond acceptors (Lipinski definition) is 4. The summed E-state index contributed by atoms with van der Waals surface area (Å²) in [5.74, 6) is 0.498. The molecule has 0 saturated carbocycles. The van der Waals surface area contributed by atoms with Crippen molar-refractivity contribution in [2.45, 2.75) is 40.5 Å². The Morgan fingerprint density at radius 3 is 2.70 bits per heavy atom. The van der Waals surface area contributed by atoms with Gasteiger partial charge in [-0.25, -0.2) is 4.98 Å². The van der Waals surface area contributed by atoms with E-state index in [4.69, 9.17) is 4.42 Å². The molecule has 1 aromatic heterocycles. The number of rotatable bonds is 5. The van der Waals surface area contributed by atoms with Crippen LogP contribution >= 0.6 is 0 Å². The van der Waals surface area contributed by atoms with Gasteiger partial charge in [-0.3, -0.25) is 9.59 Å². The molecule has 0 unspecified atom stereocenters. The van der Waals surface area contributed by atoms with Crippen LogP contribution in [-0.2, 0) is 9.59 Å². The average molecular weight is 317 g/mol. The largest absolute Gasteiger partial charge is 0.441 e. The van der Waals surface area contributed by atoms with Gasteiger partial charge in [-0.1, -0.05) is 20.8 Å². The third kappa shape index (κ3) is 4.81. The highest BCUT2D eigenvalue weighted by Crippen LogP contribution is 2.19. The van der Waals surface area contributed by atoms with Gasteiger partial charge in [-0.2, -0.15) is 0 Å². The zero-order valence-electron chi connectivity index (χ0n) is 14.0. The smallest absolute Gasteiger partial charge is 0.225 e. The standard InChI is InChI=1S/C17H23N3O3/c1-11-19-13-10-12(7-8-14(13)23-11)20-15(21)6-5-9-18-16(22)17(2,3)4/h7-8,10H,5-6,9H2,1-4H3,(H,18,22)(H,20,21). The van der Waals surface area contributed by atoms with Crippen LogP contribution in [0.5, 0.6) is 0 Å². The lowest BCUT2D eigenvalue weighted by molar-refractivity contribution is -0.128. The minimum Gasteiger partial charge on any atom is -0.441 e. The van der Waals surface area contributed by atoms with E-state index < -0.39 is 5.41 Å². The molecule has 2 N–H and O–H groups in total. The van der Waals surface area contributed by atoms with Gasteiger partial charge in [0.2, 0.25) is 11.8 Å². The molecule has 1 heterocycles. The first-order valence-electron chi connectivity index (χ1n) is 7.71. The highest BCUT2D eigenvalue weighted by molar-refractivity contribution is 5.92. The second kappa shape index (κ2) is 6.81. The second-order valence-electron chi connectivity index (χ2n) is 6.57. The monoisotopic (exact) mass is 317 g/mol. The van der Waals surface area contributed by atoms with Crippen molar-refractivity contribution in [2.75, 3.05) is 11.9 Å². The first-order chi connectivity index (χ1) is 10.8. The Morgan fingerprint density at radius 2 is 2.00 bits per heavy atom. The minimum absolute atomic E-state index is 0.00948. The van der Waals surface area contributed by atoms with Crippen LogP contribution in [0.4, 0.5) is 5.69 Å². The van der Waals surface area contributed by atoms with Crippen molar-refractivity contribution in [2.24, 2.45) is 5.41 Å². The van der Waals surface area contributed by atoms with Crippen molar-refractivity contribution >= 4 is 28.6 Å². The van der Waals surface area contributed by atoms with Crippen LogP contribution < -0.4 is 10.6 Å². The summed E-state index contributed by atoms with van der Waals surface area (Å²) in [6.45, 7) is 7.85. The number of amides is 2. The lowest BCUT2D eigenvalue weighted by Crippen LogP contribution is -2.35. The Balaban J connectivity index is 1.79. The van der Waals surface area contributed by atoms with E-state index >= 15 is 0 Å². The summed E-state index contributed by atoms with van der Waals surface area (Å²) in [5.41, 5.74) is 1.70. The van der Waals surface area contributed by atoms with Crippen LogP contribution in [0.25, 0.3) is 11.1 Å². The maximum atomic E-state index is 11.9. The molecule has 0 aliphatic carbocycles. The van der Waals surface area contributed by atoms with E-state index in [1.165, 1.54) is 0 Å². The van der Waals surface area contributed by atoms with E-state index in [-0.39, 0.29) is 11.8 Å². The molecule has 124 valence electrons. The molecule has 0 radical (unpaired) electrons. The highest BCUT2D eigenvalue weighted by Gasteiger charge is 2.20. The number of aromatic nitrogens is 1. The number of nitrogens with zero attached hydrogens (tertiary/aromatic N) is 1. The number of aryl methyl sites for hydroxylation is 1. The summed E-state index contributed by atoms with van der Waals surface area (Å²) in [4.78, 5) is 27.9. The van der Waals surface area contributed by atoms with Crippen LogP contribution in [0.15, 0.2) is 22.6 Å². The van der Waals surface area contributed by atoms with E-state index in [2.05, 4.69) is 15.6 Å². The molecule has 1 aromatic carbocycles. The normalized spacial score (nSPS) is 11.5. The number of nitrogens with one attached hydrogen (secondary N) is 2. The van der Waals surface area contributed by atoms with Crippen LogP contribution in [0, 0.1) is 12.3 Å². The molecule has 2 rings (SSSR count). The van der Waals surface area contributed by atoms with Crippen LogP contribution in [0.2, 0.25) is 0 Å². The van der Waals surface area contributed by atoms with Crippen LogP contribution in [0.3, 0.4) is 0 Å². The van der Waals surface area contributed by atoms with Gasteiger partial charge >= 0.3 is 0 Å². The summed E-state index contributed by atoms with van der Waals surface area (Å²) in [6.07, 6.45) is 0.944. The fraction of sp³-hybridized carbons (Fsp3) is 0.471. The SMILES string of the molecule is Cc1nc2cc(NC(=O)CCCNC(=O)C(C)(C)C)ccc2o1. The minimum atomic E-state index is -0.409. The van der Waals surface area contributed by atoms with E-state index in [0.717, 1.165) is 5.52 Å². The van der Waals surface area contributed by atoms with Crippen molar-refractivity contribution < 1.29 is 14.0 Å². The first kappa shape index (κ1) is 17.0. The molecule has 0 aliphatic rings. The number of anilines is 1. The van der Waals surface area contributed by atoms with Crippen molar-refractivity contribution in [3.63, 3.8) is 0 Å². The Morgan fingerprint density at radius 1 is 1.26 bits per heavy atom. The molecular formula is C17H23N3O3. The number of hydrogen-bond donors (Lipinski definition) is 2. The van der Waals surface area contributed by atoms with Crippen molar-refractivity contribution in [3.05, 3.63) is 24.1 Å². The number of oxazole rings is 1. The quantitative estimate of drug-likeness (QED) is 0.830. The first-order valence-corrected chi connectivity index (χ1v) is 7.71. The van der Waals surface area contributed by atoms with Gasteiger partial charge in [0.25, 0.3) is 0 Å². The molecular weight excluding hydrogens is 294 g/mol.